The number of methoxy groups -OCH3 is 1. The lowest BCUT2D eigenvalue weighted by molar-refractivity contribution is -0.938. The Bertz CT molecular complexity index is 1170. The molecule has 186 valence electrons. The van der Waals surface area contributed by atoms with Crippen LogP contribution in [-0.2, 0) is 9.53 Å². The summed E-state index contributed by atoms with van der Waals surface area (Å²) in [7, 11) is 1.62. The molecule has 1 N–H and O–H groups in total. The number of carbonyl (C=O) groups excluding carboxylic acids is 2. The number of para-hydroxylation sites is 1. The van der Waals surface area contributed by atoms with E-state index >= 15 is 0 Å². The molecule has 3 saturated heterocycles. The Balaban J connectivity index is 1.32. The van der Waals surface area contributed by atoms with Gasteiger partial charge in [0.15, 0.2) is 12.1 Å². The van der Waals surface area contributed by atoms with Crippen LogP contribution < -0.4 is 10.1 Å². The van der Waals surface area contributed by atoms with E-state index in [2.05, 4.69) is 5.32 Å². The second kappa shape index (κ2) is 10.5. The quantitative estimate of drug-likeness (QED) is 0.266. The lowest BCUT2D eigenvalue weighted by Crippen LogP contribution is -2.65. The Kier molecular flexibility index (Phi) is 7.05. The molecule has 0 radical (unpaired) electrons. The van der Waals surface area contributed by atoms with Gasteiger partial charge in [-0.2, -0.15) is 0 Å². The second-order valence-electron chi connectivity index (χ2n) is 9.95. The molecule has 3 aromatic rings. The summed E-state index contributed by atoms with van der Waals surface area (Å²) in [6.45, 7) is 3.06. The average molecular weight is 486 g/mol. The molecule has 36 heavy (non-hydrogen) atoms. The number of nitrogens with one attached hydrogen (secondary N) is 1. The Morgan fingerprint density at radius 2 is 1.56 bits per heavy atom. The molecule has 1 unspecified atom stereocenters. The third kappa shape index (κ3) is 5.29. The van der Waals surface area contributed by atoms with Crippen molar-refractivity contribution in [2.24, 2.45) is 5.92 Å². The van der Waals surface area contributed by atoms with Crippen LogP contribution in [0.2, 0.25) is 0 Å². The fourth-order valence-electron chi connectivity index (χ4n) is 5.59. The molecule has 6 heteroatoms. The first kappa shape index (κ1) is 24.1. The van der Waals surface area contributed by atoms with E-state index in [0.29, 0.717) is 23.5 Å². The highest BCUT2D eigenvalue weighted by Crippen LogP contribution is 2.37. The molecule has 0 saturated carbocycles. The van der Waals surface area contributed by atoms with Gasteiger partial charge in [-0.15, -0.1) is 0 Å². The minimum atomic E-state index is -0.645. The van der Waals surface area contributed by atoms with Gasteiger partial charge in [0.1, 0.15) is 18.8 Å². The summed E-state index contributed by atoms with van der Waals surface area (Å²) >= 11 is 0. The molecule has 3 aliphatic rings. The van der Waals surface area contributed by atoms with Gasteiger partial charge in [0.25, 0.3) is 0 Å². The van der Waals surface area contributed by atoms with Crippen molar-refractivity contribution in [1.29, 1.82) is 0 Å². The molecule has 3 heterocycles. The van der Waals surface area contributed by atoms with Crippen molar-refractivity contribution in [2.45, 2.75) is 25.0 Å². The Hall–Kier alpha value is -3.64. The SMILES string of the molecule is COc1ccc(C(Nc2ccccc2)C(=O)O[C@H]2C[N+]3(CC(=O)c4ccccc4)CCC2CC3)cc1. The van der Waals surface area contributed by atoms with Crippen molar-refractivity contribution in [3.63, 3.8) is 0 Å². The first-order chi connectivity index (χ1) is 17.5. The molecule has 0 spiro atoms. The highest BCUT2D eigenvalue weighted by molar-refractivity contribution is 5.97. The summed E-state index contributed by atoms with van der Waals surface area (Å²) < 4.78 is 12.2. The number of fused-ring (bicyclic) bond motifs is 3. The number of hydrogen-bond acceptors (Lipinski definition) is 5. The highest BCUT2D eigenvalue weighted by Gasteiger charge is 2.49. The highest BCUT2D eigenvalue weighted by atomic mass is 16.5. The van der Waals surface area contributed by atoms with E-state index in [4.69, 9.17) is 9.47 Å². The van der Waals surface area contributed by atoms with Crippen LogP contribution in [0.5, 0.6) is 5.75 Å². The van der Waals surface area contributed by atoms with E-state index < -0.39 is 6.04 Å². The zero-order chi connectivity index (χ0) is 25.0. The molecule has 3 aliphatic heterocycles. The van der Waals surface area contributed by atoms with Gasteiger partial charge in [-0.25, -0.2) is 4.79 Å². The van der Waals surface area contributed by atoms with E-state index in [1.807, 2.05) is 84.9 Å². The number of anilines is 1. The molecule has 2 bridgehead atoms. The van der Waals surface area contributed by atoms with Gasteiger partial charge in [0.05, 0.1) is 20.2 Å². The number of piperidine rings is 3. The predicted molar refractivity (Wildman–Crippen MR) is 139 cm³/mol. The standard InChI is InChI=1S/C30H33N2O4/c1-35-26-14-12-24(13-15-26)29(31-25-10-6-3-7-11-25)30(34)36-28-21-32(18-16-23(28)17-19-32)20-27(33)22-8-4-2-5-9-22/h2-15,23,28-29,31H,16-21H2,1H3/q+1/t23?,28-,29?,32?/m0/s1. The summed E-state index contributed by atoms with van der Waals surface area (Å²) in [5.41, 5.74) is 2.41. The van der Waals surface area contributed by atoms with Crippen LogP contribution in [0.25, 0.3) is 0 Å². The molecule has 3 aromatic carbocycles. The van der Waals surface area contributed by atoms with Gasteiger partial charge < -0.3 is 19.3 Å². The number of Topliss-reactive ketones (excluding diaryl/α,β-unsaturated/α-hetero) is 1. The Morgan fingerprint density at radius 1 is 0.917 bits per heavy atom. The summed E-state index contributed by atoms with van der Waals surface area (Å²) in [4.78, 5) is 26.6. The zero-order valence-corrected chi connectivity index (χ0v) is 20.6. The third-order valence-corrected chi connectivity index (χ3v) is 7.65. The average Bonchev–Trinajstić information content (AvgIpc) is 2.93. The number of hydrogen-bond donors (Lipinski definition) is 1. The van der Waals surface area contributed by atoms with Crippen LogP contribution in [0, 0.1) is 5.92 Å². The van der Waals surface area contributed by atoms with Crippen molar-refractivity contribution in [3.8, 4) is 5.75 Å². The molecular formula is C30H33N2O4+. The van der Waals surface area contributed by atoms with Crippen LogP contribution in [0.15, 0.2) is 84.9 Å². The molecular weight excluding hydrogens is 452 g/mol. The summed E-state index contributed by atoms with van der Waals surface area (Å²) in [5.74, 6) is 0.935. The van der Waals surface area contributed by atoms with Gasteiger partial charge in [-0.3, -0.25) is 4.79 Å². The van der Waals surface area contributed by atoms with Gasteiger partial charge in [-0.1, -0.05) is 60.7 Å². The van der Waals surface area contributed by atoms with Gasteiger partial charge in [0.2, 0.25) is 5.78 Å². The molecule has 6 nitrogen and oxygen atoms in total. The monoisotopic (exact) mass is 485 g/mol. The van der Waals surface area contributed by atoms with Crippen molar-refractivity contribution in [2.75, 3.05) is 38.6 Å². The van der Waals surface area contributed by atoms with E-state index in [9.17, 15) is 9.59 Å². The van der Waals surface area contributed by atoms with Gasteiger partial charge in [-0.05, 0) is 29.8 Å². The number of ether oxygens (including phenoxy) is 2. The van der Waals surface area contributed by atoms with Gasteiger partial charge in [0, 0.05) is 30.0 Å². The molecule has 2 atom stereocenters. The van der Waals surface area contributed by atoms with Crippen molar-refractivity contribution in [1.82, 2.24) is 0 Å². The smallest absolute Gasteiger partial charge is 0.333 e. The van der Waals surface area contributed by atoms with Crippen LogP contribution >= 0.6 is 0 Å². The number of carbonyl (C=O) groups is 2. The lowest BCUT2D eigenvalue weighted by Gasteiger charge is -2.51. The Labute approximate surface area is 212 Å². The minimum absolute atomic E-state index is 0.155. The minimum Gasteiger partial charge on any atom is -0.497 e. The van der Waals surface area contributed by atoms with Gasteiger partial charge >= 0.3 is 5.97 Å². The fourth-order valence-corrected chi connectivity index (χ4v) is 5.59. The number of rotatable bonds is 9. The normalized spacial score (nSPS) is 23.5. The molecule has 6 rings (SSSR count). The number of benzene rings is 3. The fraction of sp³-hybridized carbons (Fsp3) is 0.333. The van der Waals surface area contributed by atoms with Crippen molar-refractivity contribution < 1.29 is 23.5 Å². The largest absolute Gasteiger partial charge is 0.497 e. The maximum absolute atomic E-state index is 13.6. The number of quaternary nitrogens is 1. The predicted octanol–water partition coefficient (Wildman–Crippen LogP) is 4.88. The molecule has 0 aliphatic carbocycles. The number of nitrogens with zero attached hydrogens (tertiary/aromatic N) is 1. The maximum Gasteiger partial charge on any atom is 0.333 e. The first-order valence-corrected chi connectivity index (χ1v) is 12.6. The lowest BCUT2D eigenvalue weighted by atomic mass is 9.82. The van der Waals surface area contributed by atoms with Crippen molar-refractivity contribution >= 4 is 17.4 Å². The summed E-state index contributed by atoms with van der Waals surface area (Å²) in [5, 5.41) is 3.35. The van der Waals surface area contributed by atoms with Crippen LogP contribution in [0.1, 0.15) is 34.8 Å². The first-order valence-electron chi connectivity index (χ1n) is 12.6. The third-order valence-electron chi connectivity index (χ3n) is 7.65. The van der Waals surface area contributed by atoms with E-state index in [1.54, 1.807) is 7.11 Å². The molecule has 0 aromatic heterocycles. The molecule has 0 amide bonds. The number of esters is 1. The van der Waals surface area contributed by atoms with Crippen molar-refractivity contribution in [3.05, 3.63) is 96.1 Å². The van der Waals surface area contributed by atoms with Crippen LogP contribution in [-0.4, -0.2) is 55.6 Å². The van der Waals surface area contributed by atoms with E-state index in [-0.39, 0.29) is 17.9 Å². The van der Waals surface area contributed by atoms with E-state index in [0.717, 1.165) is 48.5 Å². The Morgan fingerprint density at radius 3 is 2.19 bits per heavy atom. The molecule has 3 fully saturated rings. The zero-order valence-electron chi connectivity index (χ0n) is 20.6. The maximum atomic E-state index is 13.6. The van der Waals surface area contributed by atoms with E-state index in [1.165, 1.54) is 0 Å². The summed E-state index contributed by atoms with van der Waals surface area (Å²) in [6, 6.07) is 26.0. The summed E-state index contributed by atoms with van der Waals surface area (Å²) in [6.07, 6.45) is 1.75. The topological polar surface area (TPSA) is 64.6 Å². The number of ketones is 1. The second-order valence-corrected chi connectivity index (χ2v) is 9.95. The van der Waals surface area contributed by atoms with Crippen LogP contribution in [0.4, 0.5) is 5.69 Å². The van der Waals surface area contributed by atoms with Crippen LogP contribution in [0.3, 0.4) is 0 Å².